The molecule has 0 aliphatic carbocycles. The molecule has 0 saturated carbocycles. The number of likely N-dealkylation sites (N-methyl/N-ethyl adjacent to an activating group) is 1. The number of para-hydroxylation sites is 1. The third-order valence-electron chi connectivity index (χ3n) is 4.79. The Morgan fingerprint density at radius 1 is 1.19 bits per heavy atom. The van der Waals surface area contributed by atoms with E-state index in [9.17, 15) is 9.59 Å². The van der Waals surface area contributed by atoms with E-state index in [-0.39, 0.29) is 5.91 Å². The van der Waals surface area contributed by atoms with Gasteiger partial charge in [0, 0.05) is 13.6 Å². The Bertz CT molecular complexity index is 694. The molecule has 2 atom stereocenters. The van der Waals surface area contributed by atoms with Gasteiger partial charge < -0.3 is 19.9 Å². The lowest BCUT2D eigenvalue weighted by atomic mass is 10.1. The first-order valence-electron chi connectivity index (χ1n) is 9.45. The molecule has 3 rings (SSSR count). The molecule has 2 heterocycles. The van der Waals surface area contributed by atoms with Crippen molar-refractivity contribution >= 4 is 17.9 Å². The largest absolute Gasteiger partial charge is 0.492 e. The number of carbonyl (C=O) groups is 2. The Labute approximate surface area is 159 Å². The van der Waals surface area contributed by atoms with E-state index in [0.717, 1.165) is 25.0 Å². The smallest absolute Gasteiger partial charge is 0.325 e. The molecule has 8 heteroatoms. The van der Waals surface area contributed by atoms with Gasteiger partial charge in [-0.2, -0.15) is 0 Å². The molecular formula is C19H27N5O3. The number of fused-ring (bicyclic) bond motifs is 1. The first-order valence-corrected chi connectivity index (χ1v) is 9.45. The van der Waals surface area contributed by atoms with Crippen molar-refractivity contribution in [1.82, 2.24) is 20.4 Å². The average Bonchev–Trinajstić information content (AvgIpc) is 3.03. The predicted octanol–water partition coefficient (Wildman–Crippen LogP) is 1.39. The van der Waals surface area contributed by atoms with Gasteiger partial charge in [0.1, 0.15) is 18.5 Å². The van der Waals surface area contributed by atoms with Crippen LogP contribution in [0, 0.1) is 0 Å². The maximum absolute atomic E-state index is 12.5. The van der Waals surface area contributed by atoms with Crippen LogP contribution in [0.5, 0.6) is 5.75 Å². The van der Waals surface area contributed by atoms with E-state index in [2.05, 4.69) is 22.5 Å². The molecule has 2 unspecified atom stereocenters. The number of imide groups is 1. The summed E-state index contributed by atoms with van der Waals surface area (Å²) < 4.78 is 5.79. The van der Waals surface area contributed by atoms with Crippen LogP contribution in [0.1, 0.15) is 26.2 Å². The first-order chi connectivity index (χ1) is 13.1. The van der Waals surface area contributed by atoms with Crippen LogP contribution in [0.15, 0.2) is 35.3 Å². The van der Waals surface area contributed by atoms with Crippen molar-refractivity contribution in [2.45, 2.75) is 38.4 Å². The number of amides is 3. The van der Waals surface area contributed by atoms with Crippen molar-refractivity contribution in [3.63, 3.8) is 0 Å². The highest BCUT2D eigenvalue weighted by molar-refractivity contribution is 6.04. The second-order valence-electron chi connectivity index (χ2n) is 6.71. The van der Waals surface area contributed by atoms with Crippen LogP contribution < -0.4 is 15.4 Å². The van der Waals surface area contributed by atoms with Crippen LogP contribution in [-0.4, -0.2) is 66.6 Å². The zero-order chi connectivity index (χ0) is 19.2. The molecule has 1 aromatic rings. The van der Waals surface area contributed by atoms with Crippen molar-refractivity contribution in [1.29, 1.82) is 0 Å². The zero-order valence-corrected chi connectivity index (χ0v) is 15.9. The van der Waals surface area contributed by atoms with Crippen LogP contribution in [-0.2, 0) is 4.79 Å². The van der Waals surface area contributed by atoms with Gasteiger partial charge in [0.2, 0.25) is 0 Å². The number of rotatable bonds is 8. The number of hydrogen-bond acceptors (Lipinski definition) is 4. The van der Waals surface area contributed by atoms with Crippen LogP contribution in [0.2, 0.25) is 0 Å². The fourth-order valence-electron chi connectivity index (χ4n) is 3.29. The number of hydrogen-bond donors (Lipinski definition) is 2. The first kappa shape index (κ1) is 19.0. The summed E-state index contributed by atoms with van der Waals surface area (Å²) >= 11 is 0. The maximum Gasteiger partial charge on any atom is 0.325 e. The van der Waals surface area contributed by atoms with Gasteiger partial charge in [0.25, 0.3) is 5.91 Å². The normalized spacial score (nSPS) is 23.3. The molecule has 2 saturated heterocycles. The van der Waals surface area contributed by atoms with Gasteiger partial charge in [0.05, 0.1) is 6.54 Å². The van der Waals surface area contributed by atoms with Crippen molar-refractivity contribution in [3.8, 4) is 5.75 Å². The number of nitrogens with zero attached hydrogens (tertiary/aromatic N) is 3. The van der Waals surface area contributed by atoms with Gasteiger partial charge in [-0.1, -0.05) is 38.0 Å². The Balaban J connectivity index is 1.70. The van der Waals surface area contributed by atoms with Crippen LogP contribution in [0.4, 0.5) is 4.79 Å². The molecule has 1 aromatic carbocycles. The summed E-state index contributed by atoms with van der Waals surface area (Å²) in [5, 5.41) is 5.65. The number of urea groups is 1. The highest BCUT2D eigenvalue weighted by Crippen LogP contribution is 2.20. The third kappa shape index (κ3) is 4.32. The van der Waals surface area contributed by atoms with E-state index in [1.54, 1.807) is 7.05 Å². The number of aliphatic imine (C=N–C) groups is 1. The molecule has 146 valence electrons. The summed E-state index contributed by atoms with van der Waals surface area (Å²) in [6.45, 7) is 3.73. The zero-order valence-electron chi connectivity index (χ0n) is 15.9. The third-order valence-corrected chi connectivity index (χ3v) is 4.79. The lowest BCUT2D eigenvalue weighted by Crippen LogP contribution is -2.65. The number of ether oxygens (including phenoxy) is 1. The van der Waals surface area contributed by atoms with Crippen molar-refractivity contribution < 1.29 is 14.3 Å². The molecule has 2 N–H and O–H groups in total. The maximum atomic E-state index is 12.5. The molecule has 2 fully saturated rings. The minimum Gasteiger partial charge on any atom is -0.492 e. The fraction of sp³-hybridized carbons (Fsp3) is 0.526. The quantitative estimate of drug-likeness (QED) is 0.673. The Kier molecular flexibility index (Phi) is 6.16. The van der Waals surface area contributed by atoms with E-state index in [1.165, 1.54) is 4.90 Å². The van der Waals surface area contributed by atoms with Crippen molar-refractivity contribution in [2.24, 2.45) is 4.99 Å². The summed E-state index contributed by atoms with van der Waals surface area (Å²) in [4.78, 5) is 32.4. The van der Waals surface area contributed by atoms with E-state index >= 15 is 0 Å². The number of carbonyl (C=O) groups excluding carboxylic acids is 2. The Hall–Kier alpha value is -2.77. The summed E-state index contributed by atoms with van der Waals surface area (Å²) in [5.74, 6) is 1.12. The van der Waals surface area contributed by atoms with E-state index < -0.39 is 18.2 Å². The number of nitrogens with one attached hydrogen (secondary N) is 2. The topological polar surface area (TPSA) is 86.3 Å². The van der Waals surface area contributed by atoms with Gasteiger partial charge in [-0.05, 0) is 18.6 Å². The van der Waals surface area contributed by atoms with Gasteiger partial charge in [-0.3, -0.25) is 15.1 Å². The monoisotopic (exact) mass is 373 g/mol. The molecular weight excluding hydrogens is 346 g/mol. The minimum absolute atomic E-state index is 0.311. The van der Waals surface area contributed by atoms with Crippen LogP contribution in [0.25, 0.3) is 0 Å². The van der Waals surface area contributed by atoms with Crippen molar-refractivity contribution in [2.75, 3.05) is 26.7 Å². The standard InChI is InChI=1S/C19H27N5O3/c1-3-4-8-11-20-18-21-16-15(17(25)22-19(26)23(16)2)24(18)12-13-27-14-9-6-5-7-10-14/h5-7,9-10,15-16H,3-4,8,11-13H2,1-2H3,(H,20,21)(H,22,25,26). The van der Waals surface area contributed by atoms with E-state index in [0.29, 0.717) is 25.7 Å². The molecule has 8 nitrogen and oxygen atoms in total. The van der Waals surface area contributed by atoms with Crippen molar-refractivity contribution in [3.05, 3.63) is 30.3 Å². The lowest BCUT2D eigenvalue weighted by molar-refractivity contribution is -0.127. The highest BCUT2D eigenvalue weighted by atomic mass is 16.5. The summed E-state index contributed by atoms with van der Waals surface area (Å²) in [6, 6.07) is 8.63. The van der Waals surface area contributed by atoms with E-state index in [1.807, 2.05) is 35.2 Å². The second-order valence-corrected chi connectivity index (χ2v) is 6.71. The SMILES string of the molecule is CCCCCN=C1NC2C(C(=O)NC(=O)N2C)N1CCOc1ccccc1. The predicted molar refractivity (Wildman–Crippen MR) is 102 cm³/mol. The number of unbranched alkanes of at least 4 members (excludes halogenated alkanes) is 2. The minimum atomic E-state index is -0.517. The Morgan fingerprint density at radius 2 is 1.96 bits per heavy atom. The molecule has 0 aromatic heterocycles. The molecule has 2 aliphatic heterocycles. The summed E-state index contributed by atoms with van der Waals surface area (Å²) in [5.41, 5.74) is 0. The van der Waals surface area contributed by atoms with Gasteiger partial charge in [-0.25, -0.2) is 4.79 Å². The van der Waals surface area contributed by atoms with E-state index in [4.69, 9.17) is 4.74 Å². The number of benzene rings is 1. The van der Waals surface area contributed by atoms with Gasteiger partial charge >= 0.3 is 6.03 Å². The molecule has 0 bridgehead atoms. The molecule has 0 radical (unpaired) electrons. The van der Waals surface area contributed by atoms with Crippen LogP contribution >= 0.6 is 0 Å². The fourth-order valence-corrected chi connectivity index (χ4v) is 3.29. The average molecular weight is 373 g/mol. The summed E-state index contributed by atoms with van der Waals surface area (Å²) in [6.07, 6.45) is 2.80. The number of guanidine groups is 1. The summed E-state index contributed by atoms with van der Waals surface area (Å²) in [7, 11) is 1.67. The lowest BCUT2D eigenvalue weighted by Gasteiger charge is -2.35. The molecule has 27 heavy (non-hydrogen) atoms. The second kappa shape index (κ2) is 8.75. The Morgan fingerprint density at radius 3 is 2.70 bits per heavy atom. The molecule has 2 aliphatic rings. The highest BCUT2D eigenvalue weighted by Gasteiger charge is 2.49. The molecule has 3 amide bonds. The van der Waals surface area contributed by atoms with Gasteiger partial charge in [-0.15, -0.1) is 0 Å². The van der Waals surface area contributed by atoms with Crippen LogP contribution in [0.3, 0.4) is 0 Å². The van der Waals surface area contributed by atoms with Gasteiger partial charge in [0.15, 0.2) is 12.0 Å². The molecule has 0 spiro atoms.